The SMILES string of the molecule is C[C@H](Oc1ccc(C#N)cc1)C(=O)NNS(=O)(=O)c1ccc2c(c1)OCCCO2. The number of hydrazine groups is 1. The summed E-state index contributed by atoms with van der Waals surface area (Å²) in [7, 11) is -4.03. The minimum Gasteiger partial charge on any atom is -0.490 e. The highest BCUT2D eigenvalue weighted by molar-refractivity contribution is 7.89. The quantitative estimate of drug-likeness (QED) is 0.682. The Hall–Kier alpha value is -3.29. The number of nitrogens with zero attached hydrogens (tertiary/aromatic N) is 1. The molecular weight excluding hydrogens is 398 g/mol. The molecule has 0 radical (unpaired) electrons. The first kappa shape index (κ1) is 20.4. The molecular formula is C19H19N3O6S. The average Bonchev–Trinajstić information content (AvgIpc) is 2.97. The molecule has 0 bridgehead atoms. The van der Waals surface area contributed by atoms with Crippen molar-refractivity contribution >= 4 is 15.9 Å². The normalized spacial score (nSPS) is 14.2. The van der Waals surface area contributed by atoms with E-state index in [0.29, 0.717) is 42.4 Å². The van der Waals surface area contributed by atoms with E-state index in [4.69, 9.17) is 19.5 Å². The Balaban J connectivity index is 1.61. The highest BCUT2D eigenvalue weighted by atomic mass is 32.2. The summed E-state index contributed by atoms with van der Waals surface area (Å²) in [5, 5.41) is 8.78. The zero-order valence-electron chi connectivity index (χ0n) is 15.5. The lowest BCUT2D eigenvalue weighted by Gasteiger charge is -2.16. The van der Waals surface area contributed by atoms with E-state index >= 15 is 0 Å². The summed E-state index contributed by atoms with van der Waals surface area (Å²) in [6, 6.07) is 12.4. The molecule has 1 aliphatic heterocycles. The first-order valence-electron chi connectivity index (χ1n) is 8.77. The number of hydrogen-bond donors (Lipinski definition) is 2. The van der Waals surface area contributed by atoms with E-state index in [9.17, 15) is 13.2 Å². The van der Waals surface area contributed by atoms with Crippen molar-refractivity contribution in [2.45, 2.75) is 24.3 Å². The molecule has 0 spiro atoms. The van der Waals surface area contributed by atoms with Gasteiger partial charge in [0.1, 0.15) is 5.75 Å². The molecule has 0 aliphatic carbocycles. The van der Waals surface area contributed by atoms with Crippen LogP contribution >= 0.6 is 0 Å². The van der Waals surface area contributed by atoms with Gasteiger partial charge in [0.25, 0.3) is 15.9 Å². The van der Waals surface area contributed by atoms with Crippen LogP contribution in [-0.2, 0) is 14.8 Å². The van der Waals surface area contributed by atoms with Crippen LogP contribution in [0.4, 0.5) is 0 Å². The van der Waals surface area contributed by atoms with Gasteiger partial charge in [-0.15, -0.1) is 4.83 Å². The van der Waals surface area contributed by atoms with Crippen LogP contribution in [0.2, 0.25) is 0 Å². The second-order valence-electron chi connectivity index (χ2n) is 6.15. The van der Waals surface area contributed by atoms with Gasteiger partial charge >= 0.3 is 0 Å². The molecule has 2 aromatic carbocycles. The zero-order chi connectivity index (χ0) is 20.9. The predicted molar refractivity (Wildman–Crippen MR) is 102 cm³/mol. The maximum atomic E-state index is 12.5. The lowest BCUT2D eigenvalue weighted by Crippen LogP contribution is -2.47. The first-order valence-corrected chi connectivity index (χ1v) is 10.3. The third-order valence-electron chi connectivity index (χ3n) is 4.00. The Morgan fingerprint density at radius 2 is 1.83 bits per heavy atom. The number of sulfonamides is 1. The van der Waals surface area contributed by atoms with Gasteiger partial charge in [-0.25, -0.2) is 8.42 Å². The van der Waals surface area contributed by atoms with Crippen LogP contribution in [0, 0.1) is 11.3 Å². The average molecular weight is 417 g/mol. The number of rotatable bonds is 6. The zero-order valence-corrected chi connectivity index (χ0v) is 16.4. The number of ether oxygens (including phenoxy) is 3. The fourth-order valence-corrected chi connectivity index (χ4v) is 3.32. The number of benzene rings is 2. The lowest BCUT2D eigenvalue weighted by atomic mass is 10.2. The highest BCUT2D eigenvalue weighted by Gasteiger charge is 2.21. The van der Waals surface area contributed by atoms with Crippen molar-refractivity contribution in [3.8, 4) is 23.3 Å². The number of hydrogen-bond acceptors (Lipinski definition) is 7. The first-order chi connectivity index (χ1) is 13.9. The molecule has 152 valence electrons. The van der Waals surface area contributed by atoms with Gasteiger partial charge in [-0.3, -0.25) is 10.2 Å². The van der Waals surface area contributed by atoms with Gasteiger partial charge in [-0.1, -0.05) is 0 Å². The molecule has 0 saturated heterocycles. The number of carbonyl (C=O) groups excluding carboxylic acids is 1. The molecule has 1 aliphatic rings. The van der Waals surface area contributed by atoms with Crippen LogP contribution in [0.1, 0.15) is 18.9 Å². The molecule has 2 N–H and O–H groups in total. The maximum Gasteiger partial charge on any atom is 0.275 e. The summed E-state index contributed by atoms with van der Waals surface area (Å²) in [4.78, 5) is 14.1. The standard InChI is InChI=1S/C19H19N3O6S/c1-13(28-15-5-3-14(12-20)4-6-15)19(23)21-22-29(24,25)16-7-8-17-18(11-16)27-10-2-9-26-17/h3-8,11,13,22H,2,9-10H2,1H3,(H,21,23)/t13-/m0/s1. The monoisotopic (exact) mass is 417 g/mol. The molecule has 2 aromatic rings. The Morgan fingerprint density at radius 3 is 2.52 bits per heavy atom. The van der Waals surface area contributed by atoms with Gasteiger partial charge in [0, 0.05) is 12.5 Å². The number of fused-ring (bicyclic) bond motifs is 1. The van der Waals surface area contributed by atoms with E-state index in [2.05, 4.69) is 5.43 Å². The second kappa shape index (κ2) is 8.81. The van der Waals surface area contributed by atoms with Crippen LogP contribution < -0.4 is 24.5 Å². The fourth-order valence-electron chi connectivity index (χ4n) is 2.45. The summed E-state index contributed by atoms with van der Waals surface area (Å²) < 4.78 is 41.3. The number of carbonyl (C=O) groups is 1. The van der Waals surface area contributed by atoms with Crippen molar-refractivity contribution in [2.75, 3.05) is 13.2 Å². The van der Waals surface area contributed by atoms with Gasteiger partial charge in [0.05, 0.1) is 29.7 Å². The topological polar surface area (TPSA) is 127 Å². The molecule has 0 fully saturated rings. The summed E-state index contributed by atoms with van der Waals surface area (Å²) in [5.41, 5.74) is 2.59. The van der Waals surface area contributed by atoms with Crippen molar-refractivity contribution in [3.63, 3.8) is 0 Å². The largest absolute Gasteiger partial charge is 0.490 e. The van der Waals surface area contributed by atoms with Crippen LogP contribution in [0.3, 0.4) is 0 Å². The summed E-state index contributed by atoms with van der Waals surface area (Å²) >= 11 is 0. The molecule has 0 saturated carbocycles. The third kappa shape index (κ3) is 5.16. The van der Waals surface area contributed by atoms with Crippen molar-refractivity contribution in [3.05, 3.63) is 48.0 Å². The van der Waals surface area contributed by atoms with Crippen molar-refractivity contribution in [1.82, 2.24) is 10.3 Å². The van der Waals surface area contributed by atoms with Gasteiger partial charge in [0.2, 0.25) is 0 Å². The van der Waals surface area contributed by atoms with E-state index < -0.39 is 22.0 Å². The van der Waals surface area contributed by atoms with Crippen LogP contribution in [0.25, 0.3) is 0 Å². The lowest BCUT2D eigenvalue weighted by molar-refractivity contribution is -0.127. The summed E-state index contributed by atoms with van der Waals surface area (Å²) in [6.45, 7) is 2.38. The van der Waals surface area contributed by atoms with Crippen LogP contribution in [0.5, 0.6) is 17.2 Å². The molecule has 9 nitrogen and oxygen atoms in total. The van der Waals surface area contributed by atoms with Gasteiger partial charge in [-0.05, 0) is 43.3 Å². The molecule has 29 heavy (non-hydrogen) atoms. The van der Waals surface area contributed by atoms with E-state index in [0.717, 1.165) is 0 Å². The Labute approximate surface area is 168 Å². The predicted octanol–water partition coefficient (Wildman–Crippen LogP) is 1.50. The molecule has 0 aromatic heterocycles. The van der Waals surface area contributed by atoms with E-state index in [1.54, 1.807) is 24.3 Å². The summed E-state index contributed by atoms with van der Waals surface area (Å²) in [6.07, 6.45) is -0.281. The Kier molecular flexibility index (Phi) is 6.21. The van der Waals surface area contributed by atoms with Crippen molar-refractivity contribution < 1.29 is 27.4 Å². The molecule has 1 heterocycles. The molecule has 1 atom stereocenters. The Bertz CT molecular complexity index is 1030. The summed E-state index contributed by atoms with van der Waals surface area (Å²) in [5.74, 6) is 0.480. The molecule has 3 rings (SSSR count). The fraction of sp³-hybridized carbons (Fsp3) is 0.263. The number of nitrogens with one attached hydrogen (secondary N) is 2. The van der Waals surface area contributed by atoms with E-state index in [-0.39, 0.29) is 4.90 Å². The number of amides is 1. The van der Waals surface area contributed by atoms with Crippen LogP contribution in [0.15, 0.2) is 47.4 Å². The van der Waals surface area contributed by atoms with Gasteiger partial charge < -0.3 is 14.2 Å². The maximum absolute atomic E-state index is 12.5. The third-order valence-corrected chi connectivity index (χ3v) is 5.25. The van der Waals surface area contributed by atoms with Crippen molar-refractivity contribution in [1.29, 1.82) is 5.26 Å². The molecule has 0 unspecified atom stereocenters. The molecule has 10 heteroatoms. The van der Waals surface area contributed by atoms with E-state index in [1.165, 1.54) is 25.1 Å². The van der Waals surface area contributed by atoms with E-state index in [1.807, 2.05) is 10.9 Å². The number of nitriles is 1. The van der Waals surface area contributed by atoms with Gasteiger partial charge in [-0.2, -0.15) is 5.26 Å². The minimum absolute atomic E-state index is 0.0808. The van der Waals surface area contributed by atoms with Crippen LogP contribution in [-0.4, -0.2) is 33.6 Å². The smallest absolute Gasteiger partial charge is 0.275 e. The second-order valence-corrected chi connectivity index (χ2v) is 7.83. The Morgan fingerprint density at radius 1 is 1.14 bits per heavy atom. The highest BCUT2D eigenvalue weighted by Crippen LogP contribution is 2.31. The van der Waals surface area contributed by atoms with Crippen molar-refractivity contribution in [2.24, 2.45) is 0 Å². The minimum atomic E-state index is -4.03. The molecule has 1 amide bonds. The van der Waals surface area contributed by atoms with Gasteiger partial charge in [0.15, 0.2) is 17.6 Å².